The van der Waals surface area contributed by atoms with E-state index in [1.54, 1.807) is 0 Å². The van der Waals surface area contributed by atoms with Crippen molar-refractivity contribution in [3.8, 4) is 0 Å². The smallest absolute Gasteiger partial charge is 1.00 e. The van der Waals surface area contributed by atoms with Gasteiger partial charge in [-0.25, -0.2) is 0 Å². The average molecular weight is 413 g/mol. The number of halogens is 1. The van der Waals surface area contributed by atoms with Crippen LogP contribution in [-0.2, 0) is 0 Å². The molecule has 0 N–H and O–H groups in total. The monoisotopic (exact) mass is 412 g/mol. The molecule has 4 heteroatoms. The zero-order valence-electron chi connectivity index (χ0n) is 19.0. The fraction of sp³-hybridized carbons (Fsp3) is 0.478. The van der Waals surface area contributed by atoms with Gasteiger partial charge in [-0.3, -0.25) is 0 Å². The molecule has 144 valence electrons. The van der Waals surface area contributed by atoms with Crippen molar-refractivity contribution in [3.63, 3.8) is 0 Å². The maximum Gasteiger partial charge on any atom is 2.00 e. The minimum absolute atomic E-state index is 0. The van der Waals surface area contributed by atoms with Gasteiger partial charge in [0.05, 0.1) is 0 Å². The van der Waals surface area contributed by atoms with E-state index in [1.807, 2.05) is 6.55 Å². The summed E-state index contributed by atoms with van der Waals surface area (Å²) in [4.78, 5) is 14.4. The molecule has 0 saturated carbocycles. The number of rotatable bonds is 2. The van der Waals surface area contributed by atoms with Crippen LogP contribution >= 0.6 is 0 Å². The van der Waals surface area contributed by atoms with Gasteiger partial charge in [-0.2, -0.15) is 0 Å². The van der Waals surface area contributed by atoms with Crippen molar-refractivity contribution in [1.82, 2.24) is 0 Å². The van der Waals surface area contributed by atoms with Gasteiger partial charge >= 0.3 is 23.1 Å². The number of benzene rings is 2. The normalized spacial score (nSPS) is 11.1. The van der Waals surface area contributed by atoms with Crippen LogP contribution in [0, 0.1) is 69.2 Å². The molecular formula is C23H33ClMgOSi. The Kier molecular flexibility index (Phi) is 8.89. The van der Waals surface area contributed by atoms with Crippen LogP contribution in [0.4, 0.5) is 0 Å². The Balaban J connectivity index is 0.00000338. The van der Waals surface area contributed by atoms with Crippen LogP contribution in [0.2, 0.25) is 6.55 Å². The van der Waals surface area contributed by atoms with Gasteiger partial charge in [-0.15, -0.1) is 0 Å². The predicted molar refractivity (Wildman–Crippen MR) is 117 cm³/mol. The standard InChI is InChI=1S/C23H33OSi.ClH.Mg/c1-12-14(3)18(7)22(19(8)15(12)4)25(11,24)23-20(9)16(5)13(2)17(6)21(23)10;;/h1-11H3;1H;/q-1;;+2/p-1. The summed E-state index contributed by atoms with van der Waals surface area (Å²) in [6.45, 7) is 23.6. The number of hydrogen-bond donors (Lipinski definition) is 0. The largest absolute Gasteiger partial charge is 2.00 e. The topological polar surface area (TPSA) is 23.1 Å². The molecule has 0 fully saturated rings. The van der Waals surface area contributed by atoms with E-state index in [1.165, 1.54) is 55.6 Å². The zero-order chi connectivity index (χ0) is 19.4. The minimum atomic E-state index is -3.06. The molecule has 2 rings (SSSR count). The molecule has 0 bridgehead atoms. The maximum absolute atomic E-state index is 14.4. The summed E-state index contributed by atoms with van der Waals surface area (Å²) in [5.74, 6) is 0. The summed E-state index contributed by atoms with van der Waals surface area (Å²) >= 11 is 0. The Hall–Kier alpha value is -0.327. The first-order valence-corrected chi connectivity index (χ1v) is 11.6. The molecule has 2 aromatic carbocycles. The molecule has 1 nitrogen and oxygen atoms in total. The van der Waals surface area contributed by atoms with E-state index in [4.69, 9.17) is 0 Å². The van der Waals surface area contributed by atoms with E-state index in [0.717, 1.165) is 10.4 Å². The van der Waals surface area contributed by atoms with Crippen molar-refractivity contribution in [2.75, 3.05) is 0 Å². The van der Waals surface area contributed by atoms with E-state index in [9.17, 15) is 4.80 Å². The first-order chi connectivity index (χ1) is 11.4. The summed E-state index contributed by atoms with van der Waals surface area (Å²) < 4.78 is 0. The summed E-state index contributed by atoms with van der Waals surface area (Å²) in [6, 6.07) is 0. The van der Waals surface area contributed by atoms with Crippen molar-refractivity contribution in [2.24, 2.45) is 0 Å². The van der Waals surface area contributed by atoms with Crippen LogP contribution in [-0.4, -0.2) is 31.4 Å². The Morgan fingerprint density at radius 3 is 0.778 bits per heavy atom. The predicted octanol–water partition coefficient (Wildman–Crippen LogP) is 0.444. The first-order valence-electron chi connectivity index (χ1n) is 9.20. The molecule has 0 aliphatic carbocycles. The van der Waals surface area contributed by atoms with E-state index in [0.29, 0.717) is 0 Å². The molecule has 0 aliphatic heterocycles. The Morgan fingerprint density at radius 1 is 0.444 bits per heavy atom. The summed E-state index contributed by atoms with van der Waals surface area (Å²) in [5.41, 5.74) is 12.6. The van der Waals surface area contributed by atoms with Crippen molar-refractivity contribution in [1.29, 1.82) is 0 Å². The average Bonchev–Trinajstić information content (AvgIpc) is 2.54. The molecule has 0 spiro atoms. The fourth-order valence-electron chi connectivity index (χ4n) is 4.56. The van der Waals surface area contributed by atoms with Crippen molar-refractivity contribution in [3.05, 3.63) is 55.6 Å². The molecule has 0 radical (unpaired) electrons. The second-order valence-corrected chi connectivity index (χ2v) is 11.1. The third-order valence-corrected chi connectivity index (χ3v) is 10.4. The fourth-order valence-corrected chi connectivity index (χ4v) is 8.42. The van der Waals surface area contributed by atoms with Crippen LogP contribution in [0.1, 0.15) is 55.6 Å². The molecule has 0 atom stereocenters. The summed E-state index contributed by atoms with van der Waals surface area (Å²) in [7, 11) is -3.06. The van der Waals surface area contributed by atoms with Crippen LogP contribution in [0.15, 0.2) is 0 Å². The molecule has 0 unspecified atom stereocenters. The van der Waals surface area contributed by atoms with Gasteiger partial charge in [0.1, 0.15) is 0 Å². The second kappa shape index (κ2) is 9.00. The van der Waals surface area contributed by atoms with Gasteiger partial charge < -0.3 is 17.2 Å². The maximum atomic E-state index is 14.4. The van der Waals surface area contributed by atoms with Gasteiger partial charge in [0, 0.05) is 8.32 Å². The van der Waals surface area contributed by atoms with Crippen LogP contribution < -0.4 is 27.6 Å². The molecular weight excluding hydrogens is 380 g/mol. The molecule has 0 saturated heterocycles. The Bertz CT molecular complexity index is 755. The van der Waals surface area contributed by atoms with E-state index in [2.05, 4.69) is 69.2 Å². The van der Waals surface area contributed by atoms with Crippen molar-refractivity contribution in [2.45, 2.75) is 75.8 Å². The number of hydrogen-bond acceptors (Lipinski definition) is 1. The van der Waals surface area contributed by atoms with Crippen LogP contribution in [0.5, 0.6) is 0 Å². The first kappa shape index (κ1) is 26.7. The second-order valence-electron chi connectivity index (χ2n) is 8.03. The molecule has 0 aliphatic rings. The molecule has 27 heavy (non-hydrogen) atoms. The summed E-state index contributed by atoms with van der Waals surface area (Å²) in [6.07, 6.45) is 0. The summed E-state index contributed by atoms with van der Waals surface area (Å²) in [5, 5.41) is 2.20. The van der Waals surface area contributed by atoms with E-state index in [-0.39, 0.29) is 35.5 Å². The van der Waals surface area contributed by atoms with E-state index >= 15 is 0 Å². The van der Waals surface area contributed by atoms with Gasteiger partial charge in [-0.1, -0.05) is 16.9 Å². The quantitative estimate of drug-likeness (QED) is 0.656. The van der Waals surface area contributed by atoms with Gasteiger partial charge in [0.25, 0.3) is 0 Å². The SMILES string of the molecule is Cc1c(C)c(C)c([Si](C)([O-])c2c(C)c(C)c(C)c(C)c2C)c(C)c1C.[Cl-].[Mg+2]. The van der Waals surface area contributed by atoms with Gasteiger partial charge in [-0.05, 0) is 125 Å². The molecule has 0 amide bonds. The van der Waals surface area contributed by atoms with Crippen molar-refractivity contribution >= 4 is 41.7 Å². The molecule has 0 heterocycles. The molecule has 0 aromatic heterocycles. The van der Waals surface area contributed by atoms with Gasteiger partial charge in [0.2, 0.25) is 0 Å². The zero-order valence-corrected chi connectivity index (χ0v) is 22.2. The third kappa shape index (κ3) is 4.04. The Labute approximate surface area is 189 Å². The van der Waals surface area contributed by atoms with E-state index < -0.39 is 8.32 Å². The van der Waals surface area contributed by atoms with Crippen LogP contribution in [0.3, 0.4) is 0 Å². The van der Waals surface area contributed by atoms with Crippen LogP contribution in [0.25, 0.3) is 0 Å². The Morgan fingerprint density at radius 2 is 0.593 bits per heavy atom. The van der Waals surface area contributed by atoms with Crippen molar-refractivity contribution < 1.29 is 17.2 Å². The third-order valence-electron chi connectivity index (χ3n) is 6.95. The van der Waals surface area contributed by atoms with Gasteiger partial charge in [0.15, 0.2) is 0 Å². The molecule has 2 aromatic rings. The minimum Gasteiger partial charge on any atom is -1.00 e.